The summed E-state index contributed by atoms with van der Waals surface area (Å²) in [4.78, 5) is 3.60. The standard InChI is InChI=1S/C18H19N3O/c1-10-8-14(9-11(2)15(10)19-3)22-18-16(12-4-5-12)20-21-17(18)13-6-7-13/h8-9,12-13H,4-7H2,1-2H3,(H,20,21). The van der Waals surface area contributed by atoms with Gasteiger partial charge >= 0.3 is 0 Å². The Balaban J connectivity index is 1.71. The molecule has 2 fully saturated rings. The predicted molar refractivity (Wildman–Crippen MR) is 84.8 cm³/mol. The molecule has 1 aromatic carbocycles. The van der Waals surface area contributed by atoms with Crippen molar-refractivity contribution >= 4 is 5.69 Å². The quantitative estimate of drug-likeness (QED) is 0.794. The molecule has 2 saturated carbocycles. The van der Waals surface area contributed by atoms with Crippen molar-refractivity contribution in [1.82, 2.24) is 10.2 Å². The second-order valence-electron chi connectivity index (χ2n) is 6.52. The highest BCUT2D eigenvalue weighted by molar-refractivity contribution is 5.61. The molecular weight excluding hydrogens is 274 g/mol. The molecule has 0 spiro atoms. The van der Waals surface area contributed by atoms with Crippen molar-refractivity contribution in [3.05, 3.63) is 46.1 Å². The highest BCUT2D eigenvalue weighted by atomic mass is 16.5. The Bertz CT molecular complexity index is 724. The number of H-pyrrole nitrogens is 1. The van der Waals surface area contributed by atoms with Crippen LogP contribution in [0.5, 0.6) is 11.5 Å². The lowest BCUT2D eigenvalue weighted by atomic mass is 10.1. The molecule has 0 saturated heterocycles. The van der Waals surface area contributed by atoms with Crippen LogP contribution in [-0.2, 0) is 0 Å². The molecule has 112 valence electrons. The van der Waals surface area contributed by atoms with E-state index in [1.165, 1.54) is 25.7 Å². The lowest BCUT2D eigenvalue weighted by Crippen LogP contribution is -1.92. The number of hydrogen-bond acceptors (Lipinski definition) is 2. The first-order valence-corrected chi connectivity index (χ1v) is 7.92. The number of aromatic amines is 1. The molecule has 4 rings (SSSR count). The van der Waals surface area contributed by atoms with Crippen LogP contribution < -0.4 is 4.74 Å². The number of aromatic nitrogens is 2. The first kappa shape index (κ1) is 13.4. The van der Waals surface area contributed by atoms with Gasteiger partial charge in [0.15, 0.2) is 11.4 Å². The summed E-state index contributed by atoms with van der Waals surface area (Å²) in [5, 5.41) is 7.72. The molecule has 4 heteroatoms. The van der Waals surface area contributed by atoms with Crippen LogP contribution in [0.2, 0.25) is 0 Å². The van der Waals surface area contributed by atoms with Gasteiger partial charge in [0.1, 0.15) is 11.4 Å². The van der Waals surface area contributed by atoms with E-state index in [4.69, 9.17) is 11.3 Å². The molecule has 2 aliphatic rings. The molecule has 0 atom stereocenters. The average Bonchev–Trinajstić information content (AvgIpc) is 3.39. The van der Waals surface area contributed by atoms with Gasteiger partial charge in [-0.1, -0.05) is 0 Å². The molecule has 1 heterocycles. The molecule has 4 nitrogen and oxygen atoms in total. The minimum atomic E-state index is 0.559. The fourth-order valence-electron chi connectivity index (χ4n) is 3.02. The van der Waals surface area contributed by atoms with Crippen molar-refractivity contribution in [2.75, 3.05) is 0 Å². The summed E-state index contributed by atoms with van der Waals surface area (Å²) in [6.07, 6.45) is 4.86. The molecule has 2 aromatic rings. The third-order valence-corrected chi connectivity index (χ3v) is 4.52. The van der Waals surface area contributed by atoms with E-state index in [0.29, 0.717) is 11.8 Å². The lowest BCUT2D eigenvalue weighted by Gasteiger charge is -2.11. The number of rotatable bonds is 4. The third kappa shape index (κ3) is 2.27. The van der Waals surface area contributed by atoms with E-state index in [-0.39, 0.29) is 0 Å². The van der Waals surface area contributed by atoms with Crippen LogP contribution in [0.3, 0.4) is 0 Å². The van der Waals surface area contributed by atoms with Crippen molar-refractivity contribution in [2.45, 2.75) is 51.4 Å². The Morgan fingerprint density at radius 3 is 2.32 bits per heavy atom. The zero-order chi connectivity index (χ0) is 15.3. The van der Waals surface area contributed by atoms with Crippen LogP contribution in [0, 0.1) is 20.4 Å². The number of nitrogens with zero attached hydrogens (tertiary/aromatic N) is 2. The van der Waals surface area contributed by atoms with Gasteiger partial charge in [0.2, 0.25) is 0 Å². The van der Waals surface area contributed by atoms with Gasteiger partial charge in [0.05, 0.1) is 12.3 Å². The molecule has 1 N–H and O–H groups in total. The molecule has 0 aliphatic heterocycles. The highest BCUT2D eigenvalue weighted by Gasteiger charge is 2.36. The van der Waals surface area contributed by atoms with Gasteiger partial charge in [-0.3, -0.25) is 5.10 Å². The van der Waals surface area contributed by atoms with Crippen molar-refractivity contribution < 1.29 is 4.74 Å². The summed E-state index contributed by atoms with van der Waals surface area (Å²) in [6.45, 7) is 11.2. The maximum absolute atomic E-state index is 7.26. The monoisotopic (exact) mass is 293 g/mol. The van der Waals surface area contributed by atoms with Crippen molar-refractivity contribution in [3.8, 4) is 11.5 Å². The van der Waals surface area contributed by atoms with E-state index < -0.39 is 0 Å². The van der Waals surface area contributed by atoms with Crippen LogP contribution in [0.15, 0.2) is 12.1 Å². The van der Waals surface area contributed by atoms with E-state index >= 15 is 0 Å². The van der Waals surface area contributed by atoms with Crippen LogP contribution in [0.25, 0.3) is 4.85 Å². The molecule has 2 aliphatic carbocycles. The van der Waals surface area contributed by atoms with Gasteiger partial charge in [0, 0.05) is 11.8 Å². The van der Waals surface area contributed by atoms with E-state index in [1.807, 2.05) is 26.0 Å². The Morgan fingerprint density at radius 1 is 1.14 bits per heavy atom. The van der Waals surface area contributed by atoms with Crippen LogP contribution in [-0.4, -0.2) is 10.2 Å². The Kier molecular flexibility index (Phi) is 2.97. The van der Waals surface area contributed by atoms with Crippen molar-refractivity contribution in [1.29, 1.82) is 0 Å². The predicted octanol–water partition coefficient (Wildman–Crippen LogP) is 5.12. The maximum Gasteiger partial charge on any atom is 0.193 e. The minimum absolute atomic E-state index is 0.559. The minimum Gasteiger partial charge on any atom is -0.454 e. The second-order valence-corrected chi connectivity index (χ2v) is 6.52. The van der Waals surface area contributed by atoms with Gasteiger partial charge in [0.25, 0.3) is 0 Å². The summed E-state index contributed by atoms with van der Waals surface area (Å²) < 4.78 is 6.25. The van der Waals surface area contributed by atoms with E-state index in [9.17, 15) is 0 Å². The highest BCUT2D eigenvalue weighted by Crippen LogP contribution is 2.51. The number of ether oxygens (including phenoxy) is 1. The fraction of sp³-hybridized carbons (Fsp3) is 0.444. The Morgan fingerprint density at radius 2 is 1.77 bits per heavy atom. The van der Waals surface area contributed by atoms with Gasteiger partial charge in [-0.2, -0.15) is 5.10 Å². The number of hydrogen-bond donors (Lipinski definition) is 1. The molecular formula is C18H19N3O. The SMILES string of the molecule is [C-]#[N+]c1c(C)cc(Oc2c(C3CC3)n[nH]c2C2CC2)cc1C. The first-order chi connectivity index (χ1) is 10.7. The second kappa shape index (κ2) is 4.88. The zero-order valence-corrected chi connectivity index (χ0v) is 12.9. The smallest absolute Gasteiger partial charge is 0.193 e. The third-order valence-electron chi connectivity index (χ3n) is 4.52. The van der Waals surface area contributed by atoms with Crippen LogP contribution in [0.4, 0.5) is 5.69 Å². The van der Waals surface area contributed by atoms with E-state index in [2.05, 4.69) is 15.0 Å². The zero-order valence-electron chi connectivity index (χ0n) is 12.9. The normalized spacial score (nSPS) is 17.3. The molecule has 0 unspecified atom stereocenters. The van der Waals surface area contributed by atoms with Gasteiger partial charge in [-0.15, -0.1) is 0 Å². The van der Waals surface area contributed by atoms with Gasteiger partial charge in [-0.05, 0) is 62.8 Å². The lowest BCUT2D eigenvalue weighted by molar-refractivity contribution is 0.470. The number of nitrogens with one attached hydrogen (secondary N) is 1. The van der Waals surface area contributed by atoms with Crippen molar-refractivity contribution in [3.63, 3.8) is 0 Å². The molecule has 0 bridgehead atoms. The average molecular weight is 293 g/mol. The Labute approximate surface area is 130 Å². The summed E-state index contributed by atoms with van der Waals surface area (Å²) in [6, 6.07) is 3.92. The van der Waals surface area contributed by atoms with Gasteiger partial charge in [-0.25, -0.2) is 4.85 Å². The van der Waals surface area contributed by atoms with E-state index in [1.54, 1.807) is 0 Å². The van der Waals surface area contributed by atoms with Crippen molar-refractivity contribution in [2.24, 2.45) is 0 Å². The largest absolute Gasteiger partial charge is 0.454 e. The maximum atomic E-state index is 7.26. The molecule has 0 radical (unpaired) electrons. The molecule has 0 amide bonds. The van der Waals surface area contributed by atoms with Crippen LogP contribution >= 0.6 is 0 Å². The molecule has 22 heavy (non-hydrogen) atoms. The van der Waals surface area contributed by atoms with Crippen LogP contribution in [0.1, 0.15) is 60.0 Å². The summed E-state index contributed by atoms with van der Waals surface area (Å²) in [5.41, 5.74) is 4.91. The fourth-order valence-corrected chi connectivity index (χ4v) is 3.02. The Hall–Kier alpha value is -2.28. The van der Waals surface area contributed by atoms with Gasteiger partial charge < -0.3 is 4.74 Å². The summed E-state index contributed by atoms with van der Waals surface area (Å²) >= 11 is 0. The van der Waals surface area contributed by atoms with E-state index in [0.717, 1.165) is 39.7 Å². The first-order valence-electron chi connectivity index (χ1n) is 7.92. The number of benzene rings is 1. The summed E-state index contributed by atoms with van der Waals surface area (Å²) in [5.74, 6) is 2.90. The molecule has 1 aromatic heterocycles. The topological polar surface area (TPSA) is 42.3 Å². The summed E-state index contributed by atoms with van der Waals surface area (Å²) in [7, 11) is 0. The number of aryl methyl sites for hydroxylation is 2.